The minimum absolute atomic E-state index is 0.105. The fourth-order valence-corrected chi connectivity index (χ4v) is 1.84. The largest absolute Gasteiger partial charge is 0.294 e. The number of nitrogens with zero attached hydrogens (tertiary/aromatic N) is 1. The summed E-state index contributed by atoms with van der Waals surface area (Å²) in [5, 5.41) is 0.657. The highest BCUT2D eigenvalue weighted by Gasteiger charge is 2.22. The highest BCUT2D eigenvalue weighted by atomic mass is 35.5. The van der Waals surface area contributed by atoms with E-state index in [0.717, 1.165) is 12.0 Å². The quantitative estimate of drug-likeness (QED) is 0.747. The summed E-state index contributed by atoms with van der Waals surface area (Å²) in [7, 11) is 1.99. The molecule has 3 heteroatoms. The molecule has 17 heavy (non-hydrogen) atoms. The van der Waals surface area contributed by atoms with Crippen molar-refractivity contribution in [2.75, 3.05) is 7.05 Å². The Morgan fingerprint density at radius 1 is 1.29 bits per heavy atom. The lowest BCUT2D eigenvalue weighted by molar-refractivity contribution is 0.0824. The number of likely N-dealkylation sites (N-methyl/N-ethyl adjacent to an activating group) is 1. The van der Waals surface area contributed by atoms with Gasteiger partial charge in [-0.05, 0) is 51.6 Å². The standard InChI is InChI=1S/C14H20ClNO/c1-5-10(2)16(4)11(3)14(17)12-6-8-13(15)9-7-12/h6-11H,5H2,1-4H3. The maximum absolute atomic E-state index is 12.2. The van der Waals surface area contributed by atoms with Crippen LogP contribution in [-0.4, -0.2) is 29.8 Å². The zero-order chi connectivity index (χ0) is 13.0. The van der Waals surface area contributed by atoms with Crippen LogP contribution >= 0.6 is 11.6 Å². The fourth-order valence-electron chi connectivity index (χ4n) is 1.71. The predicted octanol–water partition coefficient (Wildman–Crippen LogP) is 3.64. The van der Waals surface area contributed by atoms with Crippen LogP contribution in [0.3, 0.4) is 0 Å². The average molecular weight is 254 g/mol. The lowest BCUT2D eigenvalue weighted by Crippen LogP contribution is -2.41. The first kappa shape index (κ1) is 14.2. The molecule has 0 aromatic heterocycles. The molecule has 0 N–H and O–H groups in total. The number of Topliss-reactive ketones (excluding diaryl/α,β-unsaturated/α-hetero) is 1. The number of ketones is 1. The summed E-state index contributed by atoms with van der Waals surface area (Å²) >= 11 is 5.81. The lowest BCUT2D eigenvalue weighted by atomic mass is 10.0. The van der Waals surface area contributed by atoms with E-state index in [0.29, 0.717) is 11.1 Å². The van der Waals surface area contributed by atoms with Gasteiger partial charge in [-0.1, -0.05) is 18.5 Å². The maximum Gasteiger partial charge on any atom is 0.179 e. The van der Waals surface area contributed by atoms with Crippen LogP contribution in [-0.2, 0) is 0 Å². The zero-order valence-electron chi connectivity index (χ0n) is 10.9. The molecule has 1 aromatic carbocycles. The van der Waals surface area contributed by atoms with Gasteiger partial charge in [0.25, 0.3) is 0 Å². The van der Waals surface area contributed by atoms with Gasteiger partial charge >= 0.3 is 0 Å². The van der Waals surface area contributed by atoms with Gasteiger partial charge in [0, 0.05) is 16.6 Å². The van der Waals surface area contributed by atoms with E-state index in [1.165, 1.54) is 0 Å². The van der Waals surface area contributed by atoms with Crippen LogP contribution in [0.1, 0.15) is 37.6 Å². The van der Waals surface area contributed by atoms with Gasteiger partial charge in [0.05, 0.1) is 6.04 Å². The van der Waals surface area contributed by atoms with Gasteiger partial charge in [0.15, 0.2) is 5.78 Å². The first-order valence-corrected chi connectivity index (χ1v) is 6.36. The van der Waals surface area contributed by atoms with E-state index in [1.54, 1.807) is 24.3 Å². The van der Waals surface area contributed by atoms with Crippen LogP contribution in [0.5, 0.6) is 0 Å². The fraction of sp³-hybridized carbons (Fsp3) is 0.500. The minimum Gasteiger partial charge on any atom is -0.294 e. The second-order valence-corrected chi connectivity index (χ2v) is 4.91. The Labute approximate surface area is 109 Å². The van der Waals surface area contributed by atoms with Crippen molar-refractivity contribution >= 4 is 17.4 Å². The lowest BCUT2D eigenvalue weighted by Gasteiger charge is -2.29. The topological polar surface area (TPSA) is 20.3 Å². The van der Waals surface area contributed by atoms with Crippen molar-refractivity contribution in [3.8, 4) is 0 Å². The molecule has 0 aliphatic heterocycles. The second-order valence-electron chi connectivity index (χ2n) is 4.47. The van der Waals surface area contributed by atoms with Crippen molar-refractivity contribution in [2.45, 2.75) is 39.3 Å². The number of benzene rings is 1. The molecule has 2 nitrogen and oxygen atoms in total. The Bertz CT molecular complexity index is 374. The van der Waals surface area contributed by atoms with Crippen molar-refractivity contribution < 1.29 is 4.79 Å². The molecule has 2 unspecified atom stereocenters. The third kappa shape index (κ3) is 3.55. The molecule has 0 heterocycles. The molecule has 0 spiro atoms. The molecule has 0 aliphatic rings. The third-order valence-corrected chi connectivity index (χ3v) is 3.66. The van der Waals surface area contributed by atoms with Crippen molar-refractivity contribution in [3.63, 3.8) is 0 Å². The predicted molar refractivity (Wildman–Crippen MR) is 72.8 cm³/mol. The van der Waals surface area contributed by atoms with Crippen LogP contribution in [0.2, 0.25) is 5.02 Å². The van der Waals surface area contributed by atoms with E-state index < -0.39 is 0 Å². The molecule has 94 valence electrons. The van der Waals surface area contributed by atoms with Gasteiger partial charge in [-0.25, -0.2) is 0 Å². The van der Waals surface area contributed by atoms with E-state index >= 15 is 0 Å². The molecule has 0 radical (unpaired) electrons. The van der Waals surface area contributed by atoms with Gasteiger partial charge in [-0.3, -0.25) is 9.69 Å². The van der Waals surface area contributed by atoms with E-state index in [1.807, 2.05) is 14.0 Å². The van der Waals surface area contributed by atoms with Gasteiger partial charge in [0.1, 0.15) is 0 Å². The Balaban J connectivity index is 2.79. The van der Waals surface area contributed by atoms with E-state index in [-0.39, 0.29) is 11.8 Å². The van der Waals surface area contributed by atoms with Gasteiger partial charge in [-0.2, -0.15) is 0 Å². The monoisotopic (exact) mass is 253 g/mol. The van der Waals surface area contributed by atoms with Crippen LogP contribution in [0, 0.1) is 0 Å². The summed E-state index contributed by atoms with van der Waals surface area (Å²) < 4.78 is 0. The number of carbonyl (C=O) groups is 1. The number of hydrogen-bond acceptors (Lipinski definition) is 2. The van der Waals surface area contributed by atoms with E-state index in [9.17, 15) is 4.79 Å². The normalized spacial score (nSPS) is 14.7. The number of rotatable bonds is 5. The van der Waals surface area contributed by atoms with Crippen LogP contribution in [0.15, 0.2) is 24.3 Å². The van der Waals surface area contributed by atoms with Crippen LogP contribution < -0.4 is 0 Å². The third-order valence-electron chi connectivity index (χ3n) is 3.41. The van der Waals surface area contributed by atoms with Crippen molar-refractivity contribution in [1.29, 1.82) is 0 Å². The molecule has 2 atom stereocenters. The van der Waals surface area contributed by atoms with Gasteiger partial charge in [0.2, 0.25) is 0 Å². The SMILES string of the molecule is CCC(C)N(C)C(C)C(=O)c1ccc(Cl)cc1. The Hall–Kier alpha value is -0.860. The second kappa shape index (κ2) is 6.18. The van der Waals surface area contributed by atoms with E-state index in [2.05, 4.69) is 18.7 Å². The molecule has 0 aliphatic carbocycles. The summed E-state index contributed by atoms with van der Waals surface area (Å²) in [5.74, 6) is 0.143. The highest BCUT2D eigenvalue weighted by molar-refractivity contribution is 6.30. The minimum atomic E-state index is -0.105. The molecule has 0 fully saturated rings. The van der Waals surface area contributed by atoms with Crippen LogP contribution in [0.25, 0.3) is 0 Å². The summed E-state index contributed by atoms with van der Waals surface area (Å²) in [4.78, 5) is 14.3. The first-order valence-electron chi connectivity index (χ1n) is 5.99. The molecule has 0 amide bonds. The zero-order valence-corrected chi connectivity index (χ0v) is 11.7. The molecule has 0 bridgehead atoms. The van der Waals surface area contributed by atoms with Gasteiger partial charge in [-0.15, -0.1) is 0 Å². The Morgan fingerprint density at radius 2 is 1.82 bits per heavy atom. The number of hydrogen-bond donors (Lipinski definition) is 0. The maximum atomic E-state index is 12.2. The molecule has 1 aromatic rings. The Kier molecular flexibility index (Phi) is 5.16. The van der Waals surface area contributed by atoms with E-state index in [4.69, 9.17) is 11.6 Å². The first-order chi connectivity index (χ1) is 7.97. The summed E-state index contributed by atoms with van der Waals surface area (Å²) in [5.41, 5.74) is 0.719. The summed E-state index contributed by atoms with van der Waals surface area (Å²) in [6.07, 6.45) is 1.04. The average Bonchev–Trinajstić information content (AvgIpc) is 2.36. The van der Waals surface area contributed by atoms with Gasteiger partial charge < -0.3 is 0 Å². The summed E-state index contributed by atoms with van der Waals surface area (Å²) in [6.45, 7) is 6.20. The van der Waals surface area contributed by atoms with Crippen molar-refractivity contribution in [2.24, 2.45) is 0 Å². The molecule has 1 rings (SSSR count). The van der Waals surface area contributed by atoms with Crippen LogP contribution in [0.4, 0.5) is 0 Å². The number of halogens is 1. The Morgan fingerprint density at radius 3 is 2.29 bits per heavy atom. The molecule has 0 saturated carbocycles. The smallest absolute Gasteiger partial charge is 0.179 e. The summed E-state index contributed by atoms with van der Waals surface area (Å²) in [6, 6.07) is 7.37. The van der Waals surface area contributed by atoms with Crippen molar-refractivity contribution in [1.82, 2.24) is 4.90 Å². The molecule has 0 saturated heterocycles. The van der Waals surface area contributed by atoms with Crippen molar-refractivity contribution in [3.05, 3.63) is 34.9 Å². The molecular formula is C14H20ClNO. The number of carbonyl (C=O) groups excluding carboxylic acids is 1. The molecular weight excluding hydrogens is 234 g/mol. The highest BCUT2D eigenvalue weighted by Crippen LogP contribution is 2.14.